The van der Waals surface area contributed by atoms with E-state index in [0.29, 0.717) is 30.7 Å². The SMILES string of the molecule is Cc1ccc(-n2nnnc2N2CCOC(c3ccc(F)cc3Cl)C2)cc1. The third kappa shape index (κ3) is 3.27. The van der Waals surface area contributed by atoms with Crippen molar-refractivity contribution >= 4 is 17.5 Å². The van der Waals surface area contributed by atoms with Crippen LogP contribution < -0.4 is 4.90 Å². The van der Waals surface area contributed by atoms with Gasteiger partial charge in [0.2, 0.25) is 0 Å². The summed E-state index contributed by atoms with van der Waals surface area (Å²) in [4.78, 5) is 2.05. The Morgan fingerprint density at radius 1 is 1.19 bits per heavy atom. The van der Waals surface area contributed by atoms with E-state index in [1.807, 2.05) is 36.1 Å². The van der Waals surface area contributed by atoms with Crippen LogP contribution in [0, 0.1) is 12.7 Å². The minimum atomic E-state index is -0.366. The molecular formula is C18H17ClFN5O. The molecule has 0 amide bonds. The van der Waals surface area contributed by atoms with Gasteiger partial charge in [-0.3, -0.25) is 0 Å². The Balaban J connectivity index is 1.61. The number of hydrogen-bond donors (Lipinski definition) is 0. The van der Waals surface area contributed by atoms with Crippen molar-refractivity contribution in [3.05, 3.63) is 64.4 Å². The maximum atomic E-state index is 13.3. The zero-order chi connectivity index (χ0) is 18.1. The molecule has 0 bridgehead atoms. The second kappa shape index (κ2) is 7.01. The smallest absolute Gasteiger partial charge is 0.250 e. The predicted octanol–water partition coefficient (Wildman–Crippen LogP) is 3.34. The highest BCUT2D eigenvalue weighted by atomic mass is 35.5. The van der Waals surface area contributed by atoms with Gasteiger partial charge in [-0.05, 0) is 41.6 Å². The fraction of sp³-hybridized carbons (Fsp3) is 0.278. The van der Waals surface area contributed by atoms with Crippen LogP contribution in [0.1, 0.15) is 17.2 Å². The first-order valence-corrected chi connectivity index (χ1v) is 8.66. The minimum Gasteiger partial charge on any atom is -0.370 e. The molecule has 1 aromatic heterocycles. The first-order valence-electron chi connectivity index (χ1n) is 8.29. The number of halogens is 2. The number of aromatic nitrogens is 4. The maximum absolute atomic E-state index is 13.3. The summed E-state index contributed by atoms with van der Waals surface area (Å²) < 4.78 is 20.9. The van der Waals surface area contributed by atoms with Crippen LogP contribution in [0.25, 0.3) is 5.69 Å². The molecule has 26 heavy (non-hydrogen) atoms. The van der Waals surface area contributed by atoms with Gasteiger partial charge in [-0.25, -0.2) is 4.39 Å². The van der Waals surface area contributed by atoms with Gasteiger partial charge in [-0.1, -0.05) is 40.5 Å². The molecule has 1 aliphatic rings. The summed E-state index contributed by atoms with van der Waals surface area (Å²) in [7, 11) is 0. The van der Waals surface area contributed by atoms with E-state index in [-0.39, 0.29) is 11.9 Å². The van der Waals surface area contributed by atoms with E-state index in [2.05, 4.69) is 15.5 Å². The quantitative estimate of drug-likeness (QED) is 0.704. The van der Waals surface area contributed by atoms with E-state index in [9.17, 15) is 4.39 Å². The Morgan fingerprint density at radius 2 is 2.00 bits per heavy atom. The zero-order valence-corrected chi connectivity index (χ0v) is 14.9. The lowest BCUT2D eigenvalue weighted by Crippen LogP contribution is -2.40. The van der Waals surface area contributed by atoms with Crippen LogP contribution in [0.15, 0.2) is 42.5 Å². The third-order valence-corrected chi connectivity index (χ3v) is 4.72. The number of anilines is 1. The lowest BCUT2D eigenvalue weighted by atomic mass is 10.1. The number of nitrogens with zero attached hydrogens (tertiary/aromatic N) is 5. The predicted molar refractivity (Wildman–Crippen MR) is 96.2 cm³/mol. The van der Waals surface area contributed by atoms with Crippen LogP contribution in [-0.4, -0.2) is 39.9 Å². The van der Waals surface area contributed by atoms with Crippen LogP contribution in [0.5, 0.6) is 0 Å². The highest BCUT2D eigenvalue weighted by molar-refractivity contribution is 6.31. The molecule has 1 atom stereocenters. The standard InChI is InChI=1S/C18H17ClFN5O/c1-12-2-5-14(6-3-12)25-18(21-22-23-25)24-8-9-26-17(11-24)15-7-4-13(20)10-16(15)19/h2-7,10,17H,8-9,11H2,1H3. The summed E-state index contributed by atoms with van der Waals surface area (Å²) in [6.07, 6.45) is -0.278. The third-order valence-electron chi connectivity index (χ3n) is 4.39. The molecule has 2 aromatic carbocycles. The van der Waals surface area contributed by atoms with Crippen LogP contribution in [0.3, 0.4) is 0 Å². The van der Waals surface area contributed by atoms with Crippen LogP contribution >= 0.6 is 11.6 Å². The minimum absolute atomic E-state index is 0.278. The van der Waals surface area contributed by atoms with E-state index >= 15 is 0 Å². The van der Waals surface area contributed by atoms with Gasteiger partial charge in [0.15, 0.2) is 0 Å². The zero-order valence-electron chi connectivity index (χ0n) is 14.1. The van der Waals surface area contributed by atoms with Crippen molar-refractivity contribution in [3.63, 3.8) is 0 Å². The summed E-state index contributed by atoms with van der Waals surface area (Å²) in [6, 6.07) is 12.3. The monoisotopic (exact) mass is 373 g/mol. The Hall–Kier alpha value is -2.51. The Labute approximate surface area is 155 Å². The Bertz CT molecular complexity index is 914. The van der Waals surface area contributed by atoms with E-state index < -0.39 is 0 Å². The van der Waals surface area contributed by atoms with Crippen molar-refractivity contribution in [2.75, 3.05) is 24.6 Å². The molecule has 0 spiro atoms. The summed E-state index contributed by atoms with van der Waals surface area (Å²) in [5.41, 5.74) is 2.81. The number of hydrogen-bond acceptors (Lipinski definition) is 5. The molecule has 0 aliphatic carbocycles. The molecule has 0 radical (unpaired) electrons. The van der Waals surface area contributed by atoms with Crippen LogP contribution in [0.4, 0.5) is 10.3 Å². The number of ether oxygens (including phenoxy) is 1. The molecule has 1 unspecified atom stereocenters. The normalized spacial score (nSPS) is 17.5. The van der Waals surface area contributed by atoms with Gasteiger partial charge in [-0.2, -0.15) is 4.68 Å². The molecule has 2 heterocycles. The van der Waals surface area contributed by atoms with Crippen molar-refractivity contribution in [1.82, 2.24) is 20.2 Å². The molecule has 1 saturated heterocycles. The molecule has 134 valence electrons. The largest absolute Gasteiger partial charge is 0.370 e. The van der Waals surface area contributed by atoms with Crippen molar-refractivity contribution in [2.45, 2.75) is 13.0 Å². The van der Waals surface area contributed by atoms with Gasteiger partial charge < -0.3 is 9.64 Å². The van der Waals surface area contributed by atoms with E-state index in [1.165, 1.54) is 17.7 Å². The first-order chi connectivity index (χ1) is 12.6. The van der Waals surface area contributed by atoms with Crippen LogP contribution in [0.2, 0.25) is 5.02 Å². The Kier molecular flexibility index (Phi) is 4.57. The summed E-state index contributed by atoms with van der Waals surface area (Å²) >= 11 is 6.19. The number of aryl methyl sites for hydroxylation is 1. The van der Waals surface area contributed by atoms with Crippen molar-refractivity contribution in [3.8, 4) is 5.69 Å². The maximum Gasteiger partial charge on any atom is 0.250 e. The van der Waals surface area contributed by atoms with Gasteiger partial charge in [-0.15, -0.1) is 0 Å². The van der Waals surface area contributed by atoms with E-state index in [0.717, 1.165) is 11.3 Å². The topological polar surface area (TPSA) is 56.1 Å². The fourth-order valence-electron chi connectivity index (χ4n) is 3.01. The average Bonchev–Trinajstić information content (AvgIpc) is 3.12. The molecule has 4 rings (SSSR count). The number of tetrazole rings is 1. The number of morpholine rings is 1. The summed E-state index contributed by atoms with van der Waals surface area (Å²) in [5, 5.41) is 12.5. The molecule has 3 aromatic rings. The summed E-state index contributed by atoms with van der Waals surface area (Å²) in [5.74, 6) is 0.273. The van der Waals surface area contributed by atoms with Gasteiger partial charge in [0.1, 0.15) is 11.9 Å². The molecule has 1 aliphatic heterocycles. The lowest BCUT2D eigenvalue weighted by Gasteiger charge is -2.33. The van der Waals surface area contributed by atoms with Gasteiger partial charge in [0, 0.05) is 17.1 Å². The summed E-state index contributed by atoms with van der Waals surface area (Å²) in [6.45, 7) is 3.71. The molecule has 1 fully saturated rings. The van der Waals surface area contributed by atoms with E-state index in [4.69, 9.17) is 16.3 Å². The Morgan fingerprint density at radius 3 is 2.77 bits per heavy atom. The number of benzene rings is 2. The lowest BCUT2D eigenvalue weighted by molar-refractivity contribution is 0.0391. The molecule has 6 nitrogen and oxygen atoms in total. The molecule has 8 heteroatoms. The average molecular weight is 374 g/mol. The fourth-order valence-corrected chi connectivity index (χ4v) is 3.30. The molecular weight excluding hydrogens is 357 g/mol. The van der Waals surface area contributed by atoms with Gasteiger partial charge in [0.05, 0.1) is 18.8 Å². The first kappa shape index (κ1) is 16.9. The second-order valence-corrected chi connectivity index (χ2v) is 6.60. The van der Waals surface area contributed by atoms with Crippen molar-refractivity contribution in [1.29, 1.82) is 0 Å². The van der Waals surface area contributed by atoms with Gasteiger partial charge in [0.25, 0.3) is 5.95 Å². The van der Waals surface area contributed by atoms with Crippen molar-refractivity contribution < 1.29 is 9.13 Å². The second-order valence-electron chi connectivity index (χ2n) is 6.20. The highest BCUT2D eigenvalue weighted by Crippen LogP contribution is 2.30. The van der Waals surface area contributed by atoms with E-state index in [1.54, 1.807) is 10.7 Å². The highest BCUT2D eigenvalue weighted by Gasteiger charge is 2.27. The van der Waals surface area contributed by atoms with Crippen molar-refractivity contribution in [2.24, 2.45) is 0 Å². The molecule has 0 saturated carbocycles. The number of rotatable bonds is 3. The van der Waals surface area contributed by atoms with Crippen LogP contribution in [-0.2, 0) is 4.74 Å². The molecule has 0 N–H and O–H groups in total. The van der Waals surface area contributed by atoms with Gasteiger partial charge >= 0.3 is 0 Å².